The van der Waals surface area contributed by atoms with Crippen LogP contribution in [-0.2, 0) is 33.4 Å². The predicted molar refractivity (Wildman–Crippen MR) is 198 cm³/mol. The molecule has 2 N–H and O–H groups in total. The second kappa shape index (κ2) is 16.4. The summed E-state index contributed by atoms with van der Waals surface area (Å²) in [7, 11) is 1.52. The van der Waals surface area contributed by atoms with Crippen LogP contribution in [0.25, 0.3) is 0 Å². The second-order valence-electron chi connectivity index (χ2n) is 14.1. The number of nitrogens with zero attached hydrogens (tertiary/aromatic N) is 2. The quantitative estimate of drug-likeness (QED) is 0.199. The molecule has 2 aromatic rings. The van der Waals surface area contributed by atoms with E-state index < -0.39 is 47.7 Å². The van der Waals surface area contributed by atoms with Crippen molar-refractivity contribution in [3.8, 4) is 0 Å². The molecule has 0 aliphatic carbocycles. The topological polar surface area (TPSA) is 135 Å². The van der Waals surface area contributed by atoms with Crippen LogP contribution in [0.1, 0.15) is 61.3 Å². The van der Waals surface area contributed by atoms with E-state index in [4.69, 9.17) is 14.2 Å². The van der Waals surface area contributed by atoms with Gasteiger partial charge in [0.25, 0.3) is 5.91 Å². The molecule has 5 bridgehead atoms. The van der Waals surface area contributed by atoms with Crippen LogP contribution in [0, 0.1) is 25.7 Å². The zero-order valence-corrected chi connectivity index (χ0v) is 31.5. The number of ether oxygens (including phenoxy) is 3. The lowest BCUT2D eigenvalue weighted by molar-refractivity contribution is -0.162. The number of carbonyl (C=O) groups excluding carboxylic acids is 4. The number of esters is 1. The Morgan fingerprint density at radius 1 is 0.942 bits per heavy atom. The number of benzene rings is 2. The Labute approximate surface area is 313 Å². The van der Waals surface area contributed by atoms with Crippen LogP contribution >= 0.6 is 15.9 Å². The van der Waals surface area contributed by atoms with Crippen molar-refractivity contribution >= 4 is 45.3 Å². The molecular formula is C40H48BrN3O8. The largest absolute Gasteiger partial charge is 0.455 e. The fourth-order valence-electron chi connectivity index (χ4n) is 8.33. The van der Waals surface area contributed by atoms with Crippen molar-refractivity contribution in [3.63, 3.8) is 0 Å². The number of methoxy groups -OCH3 is 1. The molecule has 3 amide bonds. The molecule has 0 unspecified atom stereocenters. The lowest BCUT2D eigenvalue weighted by Gasteiger charge is -2.36. The molecule has 0 saturated carbocycles. The van der Waals surface area contributed by atoms with E-state index in [-0.39, 0.29) is 50.4 Å². The van der Waals surface area contributed by atoms with Gasteiger partial charge in [-0.3, -0.25) is 19.2 Å². The summed E-state index contributed by atoms with van der Waals surface area (Å²) in [4.78, 5) is 61.2. The van der Waals surface area contributed by atoms with Crippen molar-refractivity contribution in [2.75, 3.05) is 38.3 Å². The van der Waals surface area contributed by atoms with Crippen molar-refractivity contribution in [3.05, 3.63) is 87.9 Å². The number of likely N-dealkylation sites (tertiary alicyclic amines) is 1. The maximum absolute atomic E-state index is 15.3. The highest BCUT2D eigenvalue weighted by Gasteiger charge is 2.75. The molecule has 12 heteroatoms. The Morgan fingerprint density at radius 2 is 1.67 bits per heavy atom. The molecule has 52 heavy (non-hydrogen) atoms. The molecule has 278 valence electrons. The Balaban J connectivity index is 1.47. The van der Waals surface area contributed by atoms with Gasteiger partial charge in [0.15, 0.2) is 0 Å². The van der Waals surface area contributed by atoms with Gasteiger partial charge in [0.2, 0.25) is 11.8 Å². The first-order chi connectivity index (χ1) is 25.1. The minimum Gasteiger partial charge on any atom is -0.455 e. The van der Waals surface area contributed by atoms with E-state index in [0.29, 0.717) is 29.3 Å². The third-order valence-electron chi connectivity index (χ3n) is 10.6. The van der Waals surface area contributed by atoms with Gasteiger partial charge in [0.1, 0.15) is 29.8 Å². The van der Waals surface area contributed by atoms with E-state index in [1.807, 2.05) is 80.6 Å². The maximum Gasteiger partial charge on any atom is 0.313 e. The van der Waals surface area contributed by atoms with Crippen molar-refractivity contribution < 1.29 is 38.5 Å². The SMILES string of the molecule is COC[C@H]1NC(=O)CC/C=C\CN(c2c(C)cccc2C)C(=O)[C@@H]2N(CCCCCCO)C(=O)[C@H]3[C@H](C(=O)O[C@@H]1c1ccccc1)[C@H]1O[C@@]23C=C1Br. The highest BCUT2D eigenvalue weighted by atomic mass is 79.9. The van der Waals surface area contributed by atoms with Crippen LogP contribution in [0.2, 0.25) is 0 Å². The lowest BCUT2D eigenvalue weighted by atomic mass is 9.74. The number of fused-ring (bicyclic) bond motifs is 2. The number of carbonyl (C=O) groups is 4. The van der Waals surface area contributed by atoms with Gasteiger partial charge in [-0.15, -0.1) is 0 Å². The molecule has 11 nitrogen and oxygen atoms in total. The number of cyclic esters (lactones) is 1. The van der Waals surface area contributed by atoms with Crippen LogP contribution in [0.4, 0.5) is 5.69 Å². The fraction of sp³-hybridized carbons (Fsp3) is 0.500. The summed E-state index contributed by atoms with van der Waals surface area (Å²) >= 11 is 3.65. The van der Waals surface area contributed by atoms with Crippen LogP contribution in [0.3, 0.4) is 0 Å². The number of aliphatic hydroxyl groups is 1. The summed E-state index contributed by atoms with van der Waals surface area (Å²) < 4.78 is 19.2. The lowest BCUT2D eigenvalue weighted by Crippen LogP contribution is -2.56. The van der Waals surface area contributed by atoms with E-state index in [1.54, 1.807) is 9.80 Å². The summed E-state index contributed by atoms with van der Waals surface area (Å²) in [5.74, 6) is -3.63. The number of anilines is 1. The summed E-state index contributed by atoms with van der Waals surface area (Å²) in [5, 5.41) is 12.4. The van der Waals surface area contributed by atoms with Gasteiger partial charge in [-0.2, -0.15) is 0 Å². The number of aliphatic hydroxyl groups excluding tert-OH is 1. The minimum absolute atomic E-state index is 0.0697. The third kappa shape index (κ3) is 7.22. The molecular weight excluding hydrogens is 730 g/mol. The van der Waals surface area contributed by atoms with Crippen molar-refractivity contribution in [2.24, 2.45) is 11.8 Å². The minimum atomic E-state index is -1.43. The maximum atomic E-state index is 15.3. The first-order valence-corrected chi connectivity index (χ1v) is 19.0. The van der Waals surface area contributed by atoms with Crippen LogP contribution in [0.15, 0.2) is 71.2 Å². The van der Waals surface area contributed by atoms with Gasteiger partial charge < -0.3 is 34.4 Å². The number of allylic oxidation sites excluding steroid dienone is 1. The highest BCUT2D eigenvalue weighted by molar-refractivity contribution is 9.11. The summed E-state index contributed by atoms with van der Waals surface area (Å²) in [6.45, 7) is 4.54. The predicted octanol–water partition coefficient (Wildman–Crippen LogP) is 4.83. The first kappa shape index (κ1) is 37.9. The number of para-hydroxylation sites is 1. The van der Waals surface area contributed by atoms with Crippen LogP contribution in [0.5, 0.6) is 0 Å². The van der Waals surface area contributed by atoms with Crippen LogP contribution < -0.4 is 10.2 Å². The fourth-order valence-corrected chi connectivity index (χ4v) is 9.06. The molecule has 0 aromatic heterocycles. The molecule has 4 heterocycles. The van der Waals surface area contributed by atoms with E-state index in [9.17, 15) is 19.5 Å². The number of nitrogens with one attached hydrogen (secondary N) is 1. The molecule has 4 aliphatic heterocycles. The number of hydrogen-bond acceptors (Lipinski definition) is 8. The Kier molecular flexibility index (Phi) is 12.0. The molecule has 2 aromatic carbocycles. The molecule has 2 saturated heterocycles. The molecule has 1 spiro atoms. The van der Waals surface area contributed by atoms with Gasteiger partial charge >= 0.3 is 5.97 Å². The monoisotopic (exact) mass is 777 g/mol. The van der Waals surface area contributed by atoms with Crippen molar-refractivity contribution in [1.29, 1.82) is 0 Å². The van der Waals surface area contributed by atoms with Crippen molar-refractivity contribution in [2.45, 2.75) is 82.3 Å². The number of halogens is 1. The molecule has 2 fully saturated rings. The van der Waals surface area contributed by atoms with Crippen molar-refractivity contribution in [1.82, 2.24) is 10.2 Å². The molecule has 0 radical (unpaired) electrons. The Morgan fingerprint density at radius 3 is 2.38 bits per heavy atom. The number of rotatable bonds is 10. The molecule has 6 rings (SSSR count). The molecule has 4 aliphatic rings. The average molecular weight is 779 g/mol. The summed E-state index contributed by atoms with van der Waals surface area (Å²) in [6, 6.07) is 13.2. The average Bonchev–Trinajstić information content (AvgIpc) is 3.72. The first-order valence-electron chi connectivity index (χ1n) is 18.2. The van der Waals surface area contributed by atoms with E-state index in [1.165, 1.54) is 7.11 Å². The van der Waals surface area contributed by atoms with Gasteiger partial charge in [0.05, 0.1) is 18.6 Å². The zero-order chi connectivity index (χ0) is 37.0. The van der Waals surface area contributed by atoms with E-state index >= 15 is 4.79 Å². The van der Waals surface area contributed by atoms with Gasteiger partial charge in [-0.25, -0.2) is 0 Å². The van der Waals surface area contributed by atoms with E-state index in [2.05, 4.69) is 21.2 Å². The third-order valence-corrected chi connectivity index (χ3v) is 11.3. The Bertz CT molecular complexity index is 1700. The normalized spacial score (nSPS) is 29.9. The van der Waals surface area contributed by atoms with E-state index in [0.717, 1.165) is 29.7 Å². The second-order valence-corrected chi connectivity index (χ2v) is 15.0. The number of unbranched alkanes of at least 4 members (excludes halogenated alkanes) is 3. The van der Waals surface area contributed by atoms with Gasteiger partial charge in [-0.1, -0.05) is 89.5 Å². The number of amides is 3. The van der Waals surface area contributed by atoms with Crippen LogP contribution in [-0.4, -0.2) is 90.9 Å². The zero-order valence-electron chi connectivity index (χ0n) is 30.0. The Hall–Kier alpha value is -3.84. The smallest absolute Gasteiger partial charge is 0.313 e. The standard InChI is InChI=1S/C40H48BrN3O8/c1-25-15-14-16-26(2)33(25)43-20-12-7-10-19-30(46)42-29(24-50-3)34(27-17-8-6-9-18-27)51-39(49)31-32-37(47)44(21-11-4-5-13-22-45)36(38(43)48)40(32)23-28(41)35(31)52-40/h6-9,12,14-18,23,29,31-32,34-36,45H,4-5,10-11,13,19-22,24H2,1-3H3,(H,42,46)/b12-7-/t29-,31+,32-,34-,35+,36+,40-/m1/s1. The van der Waals surface area contributed by atoms with Gasteiger partial charge in [-0.05, 0) is 55.9 Å². The molecule has 7 atom stereocenters. The number of hydrogen-bond donors (Lipinski definition) is 2. The summed E-state index contributed by atoms with van der Waals surface area (Å²) in [6.07, 6.45) is 7.18. The van der Waals surface area contributed by atoms with Gasteiger partial charge in [0, 0.05) is 43.4 Å². The summed E-state index contributed by atoms with van der Waals surface area (Å²) in [5.41, 5.74) is 1.76. The number of aryl methyl sites for hydroxylation is 2. The highest BCUT2D eigenvalue weighted by Crippen LogP contribution is 2.59.